The highest BCUT2D eigenvalue weighted by molar-refractivity contribution is 7.65. The Morgan fingerprint density at radius 3 is 2.52 bits per heavy atom. The minimum Gasteiger partial charge on any atom is -0.465 e. The van der Waals surface area contributed by atoms with E-state index in [-0.39, 0.29) is 22.7 Å². The minimum atomic E-state index is -3.51. The molecule has 0 bridgehead atoms. The lowest BCUT2D eigenvalue weighted by molar-refractivity contribution is 0.0607. The molecule has 8 heteroatoms. The number of nitrogens with one attached hydrogen (secondary N) is 1. The molecule has 31 heavy (non-hydrogen) atoms. The fourth-order valence-corrected chi connectivity index (χ4v) is 6.96. The molecule has 0 spiro atoms. The van der Waals surface area contributed by atoms with Gasteiger partial charge in [0.1, 0.15) is 10.7 Å². The van der Waals surface area contributed by atoms with Crippen molar-refractivity contribution < 1.29 is 23.0 Å². The molecule has 0 amide bonds. The third kappa shape index (κ3) is 5.35. The maximum atomic E-state index is 14.1. The highest BCUT2D eigenvalue weighted by atomic mass is 32.1. The molecule has 1 aliphatic rings. The number of methoxy groups -OCH3 is 1. The molecule has 0 fully saturated rings. The molecule has 0 radical (unpaired) electrons. The maximum Gasteiger partial charge on any atom is 0.350 e. The van der Waals surface area contributed by atoms with Gasteiger partial charge in [0.05, 0.1) is 18.9 Å². The Balaban J connectivity index is 2.07. The normalized spacial score (nSPS) is 18.2. The summed E-state index contributed by atoms with van der Waals surface area (Å²) in [5.74, 6) is -0.861. The predicted octanol–water partition coefficient (Wildman–Crippen LogP) is 7.24. The molecule has 3 rings (SSSR count). The SMILES string of the molecule is COC(=O)c1sc(-c2ccc(F)cc2)cc1NP(=O)(OC(C)C)C1=CC=C(C)CC1C. The van der Waals surface area contributed by atoms with Crippen LogP contribution in [-0.4, -0.2) is 19.2 Å². The summed E-state index contributed by atoms with van der Waals surface area (Å²) in [6.45, 7) is 7.69. The Morgan fingerprint density at radius 1 is 1.26 bits per heavy atom. The lowest BCUT2D eigenvalue weighted by atomic mass is 9.97. The third-order valence-electron chi connectivity index (χ3n) is 4.87. The standard InChI is InChI=1S/C23H27FNO4PS/c1-14(2)29-30(27,20-11-6-15(3)12-16(20)4)25-19-13-21(31-22(19)23(26)28-5)17-7-9-18(24)10-8-17/h6-11,13-14,16H,12H2,1-5H3,(H,25,27). The smallest absolute Gasteiger partial charge is 0.350 e. The van der Waals surface area contributed by atoms with Gasteiger partial charge in [-0.05, 0) is 56.9 Å². The van der Waals surface area contributed by atoms with E-state index in [1.165, 1.54) is 36.2 Å². The van der Waals surface area contributed by atoms with Crippen molar-refractivity contribution in [1.82, 2.24) is 0 Å². The second-order valence-corrected chi connectivity index (χ2v) is 11.0. The number of hydrogen-bond acceptors (Lipinski definition) is 5. The van der Waals surface area contributed by atoms with Crippen LogP contribution in [0.15, 0.2) is 53.4 Å². The van der Waals surface area contributed by atoms with E-state index in [1.807, 2.05) is 39.8 Å². The number of carbonyl (C=O) groups is 1. The molecular formula is C23H27FNO4PS. The second kappa shape index (κ2) is 9.51. The summed E-state index contributed by atoms with van der Waals surface area (Å²) >= 11 is 1.19. The average molecular weight is 464 g/mol. The molecule has 1 aliphatic carbocycles. The first-order valence-corrected chi connectivity index (χ1v) is 12.5. The number of halogens is 1. The van der Waals surface area contributed by atoms with E-state index in [1.54, 1.807) is 18.2 Å². The number of thiophene rings is 1. The summed E-state index contributed by atoms with van der Waals surface area (Å²) in [6, 6.07) is 7.71. The Bertz CT molecular complexity index is 1070. The maximum absolute atomic E-state index is 14.1. The van der Waals surface area contributed by atoms with Crippen molar-refractivity contribution in [3.05, 3.63) is 64.1 Å². The zero-order valence-corrected chi connectivity index (χ0v) is 20.0. The van der Waals surface area contributed by atoms with Crippen molar-refractivity contribution in [2.75, 3.05) is 12.2 Å². The van der Waals surface area contributed by atoms with Crippen molar-refractivity contribution in [3.8, 4) is 10.4 Å². The zero-order valence-electron chi connectivity index (χ0n) is 18.3. The molecule has 1 heterocycles. The van der Waals surface area contributed by atoms with Crippen molar-refractivity contribution >= 4 is 30.5 Å². The van der Waals surface area contributed by atoms with Crippen molar-refractivity contribution in [3.63, 3.8) is 0 Å². The number of rotatable bonds is 7. The van der Waals surface area contributed by atoms with Gasteiger partial charge in [0, 0.05) is 10.2 Å². The van der Waals surface area contributed by atoms with Gasteiger partial charge in [-0.1, -0.05) is 36.8 Å². The molecule has 1 aromatic carbocycles. The topological polar surface area (TPSA) is 64.6 Å². The van der Waals surface area contributed by atoms with E-state index < -0.39 is 13.5 Å². The molecule has 0 saturated carbocycles. The molecule has 2 aromatic rings. The first-order chi connectivity index (χ1) is 14.6. The van der Waals surface area contributed by atoms with Gasteiger partial charge in [0.2, 0.25) is 0 Å². The van der Waals surface area contributed by atoms with Crippen molar-refractivity contribution in [2.45, 2.75) is 40.2 Å². The van der Waals surface area contributed by atoms with Crippen LogP contribution in [0.1, 0.15) is 43.8 Å². The Hall–Kier alpha value is -2.21. The van der Waals surface area contributed by atoms with Crippen LogP contribution in [0, 0.1) is 11.7 Å². The van der Waals surface area contributed by atoms with E-state index in [9.17, 15) is 13.8 Å². The zero-order chi connectivity index (χ0) is 22.8. The number of hydrogen-bond donors (Lipinski definition) is 1. The van der Waals surface area contributed by atoms with E-state index >= 15 is 0 Å². The van der Waals surface area contributed by atoms with Crippen LogP contribution >= 0.6 is 18.9 Å². The molecule has 5 nitrogen and oxygen atoms in total. The number of esters is 1. The van der Waals surface area contributed by atoms with E-state index in [4.69, 9.17) is 9.26 Å². The van der Waals surface area contributed by atoms with E-state index in [0.717, 1.165) is 16.9 Å². The summed E-state index contributed by atoms with van der Waals surface area (Å²) in [6.07, 6.45) is 4.29. The van der Waals surface area contributed by atoms with E-state index in [2.05, 4.69) is 5.09 Å². The van der Waals surface area contributed by atoms with Crippen LogP contribution in [0.2, 0.25) is 0 Å². The highest BCUT2D eigenvalue weighted by Gasteiger charge is 2.36. The predicted molar refractivity (Wildman–Crippen MR) is 124 cm³/mol. The van der Waals surface area contributed by atoms with E-state index in [0.29, 0.717) is 11.0 Å². The van der Waals surface area contributed by atoms with Gasteiger partial charge in [-0.2, -0.15) is 0 Å². The summed E-state index contributed by atoms with van der Waals surface area (Å²) in [5.41, 5.74) is 2.32. The Kier molecular flexibility index (Phi) is 7.20. The number of benzene rings is 1. The number of carbonyl (C=O) groups excluding carboxylic acids is 1. The van der Waals surface area contributed by atoms with Crippen LogP contribution in [0.3, 0.4) is 0 Å². The van der Waals surface area contributed by atoms with Crippen LogP contribution in [-0.2, 0) is 13.8 Å². The molecular weight excluding hydrogens is 436 g/mol. The number of anilines is 1. The van der Waals surface area contributed by atoms with Crippen LogP contribution in [0.25, 0.3) is 10.4 Å². The van der Waals surface area contributed by atoms with Crippen molar-refractivity contribution in [2.24, 2.45) is 5.92 Å². The third-order valence-corrected chi connectivity index (χ3v) is 8.56. The van der Waals surface area contributed by atoms with Gasteiger partial charge in [0.15, 0.2) is 0 Å². The van der Waals surface area contributed by atoms with Gasteiger partial charge in [-0.15, -0.1) is 11.3 Å². The quantitative estimate of drug-likeness (QED) is 0.346. The van der Waals surface area contributed by atoms with Crippen LogP contribution in [0.5, 0.6) is 0 Å². The fourth-order valence-electron chi connectivity index (χ4n) is 3.52. The van der Waals surface area contributed by atoms with Gasteiger partial charge in [0.25, 0.3) is 0 Å². The van der Waals surface area contributed by atoms with Crippen LogP contribution < -0.4 is 5.09 Å². The van der Waals surface area contributed by atoms with Crippen molar-refractivity contribution in [1.29, 1.82) is 0 Å². The summed E-state index contributed by atoms with van der Waals surface area (Å²) < 4.78 is 38.3. The molecule has 0 aliphatic heterocycles. The first kappa shape index (κ1) is 23.5. The molecule has 166 valence electrons. The van der Waals surface area contributed by atoms with Gasteiger partial charge >= 0.3 is 13.5 Å². The first-order valence-electron chi connectivity index (χ1n) is 10.1. The number of allylic oxidation sites excluding steroid dienone is 4. The monoisotopic (exact) mass is 463 g/mol. The van der Waals surface area contributed by atoms with Crippen LogP contribution in [0.4, 0.5) is 10.1 Å². The summed E-state index contributed by atoms with van der Waals surface area (Å²) in [7, 11) is -2.21. The largest absolute Gasteiger partial charge is 0.465 e. The molecule has 2 atom stereocenters. The molecule has 1 N–H and O–H groups in total. The average Bonchev–Trinajstić information content (AvgIpc) is 3.10. The molecule has 0 saturated heterocycles. The Labute approximate surface area is 186 Å². The van der Waals surface area contributed by atoms with Gasteiger partial charge in [-0.25, -0.2) is 9.18 Å². The molecule has 1 aromatic heterocycles. The highest BCUT2D eigenvalue weighted by Crippen LogP contribution is 2.60. The second-order valence-electron chi connectivity index (χ2n) is 7.88. The molecule has 2 unspecified atom stereocenters. The Morgan fingerprint density at radius 2 is 1.94 bits per heavy atom. The lowest BCUT2D eigenvalue weighted by Crippen LogP contribution is -2.15. The lowest BCUT2D eigenvalue weighted by Gasteiger charge is -2.30. The fraction of sp³-hybridized carbons (Fsp3) is 0.348. The summed E-state index contributed by atoms with van der Waals surface area (Å²) in [4.78, 5) is 13.5. The van der Waals surface area contributed by atoms with Gasteiger partial charge in [-0.3, -0.25) is 4.57 Å². The summed E-state index contributed by atoms with van der Waals surface area (Å²) in [5, 5.41) is 3.74. The minimum absolute atomic E-state index is 0.0267. The van der Waals surface area contributed by atoms with Gasteiger partial charge < -0.3 is 14.3 Å². The number of ether oxygens (including phenoxy) is 1.